The predicted molar refractivity (Wildman–Crippen MR) is 180 cm³/mol. The maximum Gasteiger partial charge on any atom is 0.514 e. The highest BCUT2D eigenvalue weighted by Gasteiger charge is 2.67. The van der Waals surface area contributed by atoms with Crippen LogP contribution in [-0.2, 0) is 30.0 Å². The van der Waals surface area contributed by atoms with E-state index in [2.05, 4.69) is 20.8 Å². The molecule has 6 fully saturated rings. The summed E-state index contributed by atoms with van der Waals surface area (Å²) in [6, 6.07) is 3.45. The number of likely N-dealkylation sites (tertiary alicyclic amines) is 1. The van der Waals surface area contributed by atoms with E-state index in [0.717, 1.165) is 12.8 Å². The van der Waals surface area contributed by atoms with Gasteiger partial charge in [-0.25, -0.2) is 14.0 Å². The van der Waals surface area contributed by atoms with Gasteiger partial charge in [0, 0.05) is 5.92 Å². The van der Waals surface area contributed by atoms with E-state index in [1.807, 2.05) is 0 Å². The number of esters is 1. The van der Waals surface area contributed by atoms with E-state index >= 15 is 0 Å². The molecule has 4 saturated carbocycles. The van der Waals surface area contributed by atoms with Crippen LogP contribution >= 0.6 is 0 Å². The van der Waals surface area contributed by atoms with Crippen molar-refractivity contribution in [3.8, 4) is 11.5 Å². The molecular weight excluding hydrogens is 632 g/mol. The summed E-state index contributed by atoms with van der Waals surface area (Å²) in [6.07, 6.45) is 1.91. The van der Waals surface area contributed by atoms with Gasteiger partial charge in [-0.2, -0.15) is 0 Å². The number of hydrogen-bond donors (Lipinski definition) is 0. The Balaban J connectivity index is 1.24. The van der Waals surface area contributed by atoms with Gasteiger partial charge < -0.3 is 33.2 Å². The lowest BCUT2D eigenvalue weighted by molar-refractivity contribution is -0.199. The van der Waals surface area contributed by atoms with Crippen molar-refractivity contribution >= 4 is 25.2 Å². The van der Waals surface area contributed by atoms with E-state index < -0.39 is 42.7 Å². The largest absolute Gasteiger partial charge is 0.514 e. The van der Waals surface area contributed by atoms with Crippen LogP contribution in [0.25, 0.3) is 0 Å². The van der Waals surface area contributed by atoms with Crippen molar-refractivity contribution < 1.29 is 47.0 Å². The lowest BCUT2D eigenvalue weighted by Crippen LogP contribution is -2.65. The molecule has 0 radical (unpaired) electrons. The third-order valence-electron chi connectivity index (χ3n) is 11.2. The molecule has 4 aliphatic carbocycles. The summed E-state index contributed by atoms with van der Waals surface area (Å²) in [4.78, 5) is 41.6. The van der Waals surface area contributed by atoms with Crippen molar-refractivity contribution in [2.45, 2.75) is 142 Å². The van der Waals surface area contributed by atoms with Crippen molar-refractivity contribution in [3.63, 3.8) is 0 Å². The molecule has 0 N–H and O–H groups in total. The Morgan fingerprint density at radius 1 is 0.980 bits per heavy atom. The van der Waals surface area contributed by atoms with Gasteiger partial charge in [-0.05, 0) is 122 Å². The number of benzene rings is 1. The molecule has 6 atom stereocenters. The van der Waals surface area contributed by atoms with Gasteiger partial charge >= 0.3 is 19.2 Å². The van der Waals surface area contributed by atoms with Crippen molar-refractivity contribution in [1.29, 1.82) is 0 Å². The molecule has 0 spiro atoms. The van der Waals surface area contributed by atoms with Gasteiger partial charge in [-0.15, -0.1) is 0 Å². The van der Waals surface area contributed by atoms with Gasteiger partial charge in [0.2, 0.25) is 5.91 Å². The monoisotopic (exact) mass is 685 g/mol. The minimum atomic E-state index is -0.965. The topological polar surface area (TPSA) is 110 Å². The zero-order valence-electron chi connectivity index (χ0n) is 30.6. The Kier molecular flexibility index (Phi) is 9.34. The Bertz CT molecular complexity index is 1460. The normalized spacial score (nSPS) is 30.6. The van der Waals surface area contributed by atoms with Crippen LogP contribution in [0.5, 0.6) is 11.5 Å². The van der Waals surface area contributed by atoms with Gasteiger partial charge in [0.25, 0.3) is 0 Å². The molecule has 6 aliphatic rings. The highest BCUT2D eigenvalue weighted by molar-refractivity contribution is 6.45. The second-order valence-electron chi connectivity index (χ2n) is 17.5. The van der Waals surface area contributed by atoms with Gasteiger partial charge in [0.1, 0.15) is 34.8 Å². The Hall–Kier alpha value is -2.86. The van der Waals surface area contributed by atoms with Gasteiger partial charge in [-0.1, -0.05) is 19.9 Å². The Morgan fingerprint density at radius 2 is 1.67 bits per heavy atom. The number of rotatable bonds is 8. The lowest BCUT2D eigenvalue weighted by Gasteiger charge is -2.64. The van der Waals surface area contributed by atoms with Crippen LogP contribution in [0.15, 0.2) is 12.1 Å². The number of amides is 1. The molecule has 49 heavy (non-hydrogen) atoms. The number of aryl methyl sites for hydroxylation is 1. The van der Waals surface area contributed by atoms with Crippen molar-refractivity contribution in [2.75, 3.05) is 13.1 Å². The molecule has 10 nitrogen and oxygen atoms in total. The Labute approximate surface area is 290 Å². The third-order valence-corrected chi connectivity index (χ3v) is 11.2. The predicted octanol–water partition coefficient (Wildman–Crippen LogP) is 6.95. The van der Waals surface area contributed by atoms with Crippen LogP contribution in [0.4, 0.5) is 9.18 Å². The molecule has 0 aromatic heterocycles. The average molecular weight is 686 g/mol. The molecule has 7 rings (SSSR count). The molecule has 2 bridgehead atoms. The minimum Gasteiger partial charge on any atom is -0.486 e. The average Bonchev–Trinajstić information content (AvgIpc) is 3.53. The number of halogens is 1. The summed E-state index contributed by atoms with van der Waals surface area (Å²) >= 11 is 0. The molecule has 2 heterocycles. The molecule has 2 aliphatic heterocycles. The number of ether oxygens (including phenoxy) is 4. The molecule has 270 valence electrons. The first kappa shape index (κ1) is 36.0. The minimum absolute atomic E-state index is 0.00165. The van der Waals surface area contributed by atoms with Crippen LogP contribution in [0.2, 0.25) is 6.32 Å². The van der Waals surface area contributed by atoms with Crippen LogP contribution in [-0.4, -0.2) is 78.3 Å². The zero-order chi connectivity index (χ0) is 35.7. The maximum atomic E-state index is 13.9. The second-order valence-corrected chi connectivity index (χ2v) is 17.5. The highest BCUT2D eigenvalue weighted by Crippen LogP contribution is 2.65. The number of carbonyl (C=O) groups excluding carboxylic acids is 3. The Morgan fingerprint density at radius 3 is 2.29 bits per heavy atom. The summed E-state index contributed by atoms with van der Waals surface area (Å²) in [5.74, 6) is 0.128. The zero-order valence-corrected chi connectivity index (χ0v) is 30.6. The van der Waals surface area contributed by atoms with Crippen LogP contribution in [0.1, 0.15) is 110 Å². The van der Waals surface area contributed by atoms with Crippen LogP contribution < -0.4 is 9.47 Å². The van der Waals surface area contributed by atoms with E-state index in [1.54, 1.807) is 58.6 Å². The second kappa shape index (κ2) is 12.7. The summed E-state index contributed by atoms with van der Waals surface area (Å²) in [5, 5.41) is 0. The van der Waals surface area contributed by atoms with Gasteiger partial charge in [0.15, 0.2) is 5.75 Å². The van der Waals surface area contributed by atoms with E-state index in [4.69, 9.17) is 28.3 Å². The molecule has 1 aromatic carbocycles. The van der Waals surface area contributed by atoms with E-state index in [9.17, 15) is 18.8 Å². The van der Waals surface area contributed by atoms with Gasteiger partial charge in [-0.3, -0.25) is 4.79 Å². The molecular formula is C37H53BFNO9. The smallest absolute Gasteiger partial charge is 0.486 e. The number of alkyl halides is 1. The van der Waals surface area contributed by atoms with Gasteiger partial charge in [0.05, 0.1) is 24.8 Å². The lowest BCUT2D eigenvalue weighted by atomic mass is 9.43. The molecule has 0 unspecified atom stereocenters. The fourth-order valence-electron chi connectivity index (χ4n) is 8.53. The fraction of sp³-hybridized carbons (Fsp3) is 0.757. The standard InChI is InChI=1S/C37H53BFNO9/c1-34(2,3)46-32(42)29-26(44-25-19-40(20-25)31(41)22-10-12-24(39)16-22)13-11-21(30(29)45-33(43)47-35(4,5)6)14-15-38-48-28-18-23-17-27(36(23,7)8)37(28,9)49-38/h11,13,22-25,27-28H,10,12,14-20H2,1-9H3/t22-,23-,24+,27-,28+,37-/m0/s1. The quantitative estimate of drug-likeness (QED) is 0.163. The maximum absolute atomic E-state index is 13.9. The van der Waals surface area contributed by atoms with E-state index in [0.29, 0.717) is 56.1 Å². The molecule has 1 aromatic rings. The third kappa shape index (κ3) is 7.32. The fourth-order valence-corrected chi connectivity index (χ4v) is 8.53. The first-order chi connectivity index (χ1) is 22.7. The van der Waals surface area contributed by atoms with Crippen molar-refractivity contribution in [3.05, 3.63) is 23.3 Å². The number of hydrogen-bond acceptors (Lipinski definition) is 9. The first-order valence-electron chi connectivity index (χ1n) is 18.0. The summed E-state index contributed by atoms with van der Waals surface area (Å²) < 4.78 is 50.3. The van der Waals surface area contributed by atoms with Crippen molar-refractivity contribution in [2.24, 2.45) is 23.2 Å². The number of nitrogens with zero attached hydrogens (tertiary/aromatic N) is 1. The van der Waals surface area contributed by atoms with E-state index in [1.165, 1.54) is 0 Å². The molecule has 2 saturated heterocycles. The number of carbonyl (C=O) groups is 3. The summed E-state index contributed by atoms with van der Waals surface area (Å²) in [6.45, 7) is 17.9. The summed E-state index contributed by atoms with van der Waals surface area (Å²) in [5.41, 5.74) is -1.30. The molecule has 1 amide bonds. The van der Waals surface area contributed by atoms with E-state index in [-0.39, 0.29) is 52.4 Å². The molecule has 12 heteroatoms. The first-order valence-corrected chi connectivity index (χ1v) is 18.0. The highest BCUT2D eigenvalue weighted by atomic mass is 19.1. The van der Waals surface area contributed by atoms with Crippen LogP contribution in [0.3, 0.4) is 0 Å². The van der Waals surface area contributed by atoms with Crippen molar-refractivity contribution in [1.82, 2.24) is 4.90 Å². The summed E-state index contributed by atoms with van der Waals surface area (Å²) in [7, 11) is -0.452. The SMILES string of the molecule is CC(C)(C)OC(=O)Oc1c(CCB2O[C@@H]3C[C@@H]4C[C@@H](C4(C)C)[C@]3(C)O2)ccc(OC2CN(C(=O)[C@H]3CC[C@@H](F)C3)C2)c1C(=O)OC(C)(C)C. The van der Waals surface area contributed by atoms with Crippen LogP contribution in [0, 0.1) is 23.2 Å².